The SMILES string of the molecule is Cc1cccc([C@@H]2C[C@@H]2Br)c1. The van der Waals surface area contributed by atoms with Gasteiger partial charge in [0, 0.05) is 4.83 Å². The van der Waals surface area contributed by atoms with Crippen molar-refractivity contribution in [3.05, 3.63) is 35.4 Å². The third-order valence-electron chi connectivity index (χ3n) is 2.18. The van der Waals surface area contributed by atoms with Gasteiger partial charge in [-0.05, 0) is 24.8 Å². The molecule has 1 fully saturated rings. The van der Waals surface area contributed by atoms with Crippen LogP contribution in [0.2, 0.25) is 0 Å². The monoisotopic (exact) mass is 210 g/mol. The average Bonchev–Trinajstić information content (AvgIpc) is 2.67. The van der Waals surface area contributed by atoms with Gasteiger partial charge in [-0.2, -0.15) is 0 Å². The molecule has 1 heteroatoms. The van der Waals surface area contributed by atoms with E-state index in [0.29, 0.717) is 0 Å². The van der Waals surface area contributed by atoms with Crippen LogP contribution in [-0.2, 0) is 0 Å². The highest BCUT2D eigenvalue weighted by Gasteiger charge is 2.35. The summed E-state index contributed by atoms with van der Waals surface area (Å²) < 4.78 is 0. The molecule has 0 bridgehead atoms. The molecule has 0 heterocycles. The van der Waals surface area contributed by atoms with Crippen LogP contribution in [-0.4, -0.2) is 4.83 Å². The number of aryl methyl sites for hydroxylation is 1. The molecule has 58 valence electrons. The molecule has 0 unspecified atom stereocenters. The second-order valence-electron chi connectivity index (χ2n) is 3.27. The van der Waals surface area contributed by atoms with Gasteiger partial charge in [0.2, 0.25) is 0 Å². The molecule has 1 saturated carbocycles. The van der Waals surface area contributed by atoms with Gasteiger partial charge < -0.3 is 0 Å². The van der Waals surface area contributed by atoms with Crippen molar-refractivity contribution in [2.75, 3.05) is 0 Å². The Bertz CT molecular complexity index is 267. The average molecular weight is 211 g/mol. The summed E-state index contributed by atoms with van der Waals surface area (Å²) >= 11 is 3.61. The molecule has 0 radical (unpaired) electrons. The summed E-state index contributed by atoms with van der Waals surface area (Å²) in [6.45, 7) is 2.15. The van der Waals surface area contributed by atoms with E-state index < -0.39 is 0 Å². The lowest BCUT2D eigenvalue weighted by Crippen LogP contribution is -1.81. The van der Waals surface area contributed by atoms with Crippen LogP contribution in [0, 0.1) is 6.92 Å². The quantitative estimate of drug-likeness (QED) is 0.625. The van der Waals surface area contributed by atoms with Gasteiger partial charge in [0.05, 0.1) is 0 Å². The summed E-state index contributed by atoms with van der Waals surface area (Å²) in [5.41, 5.74) is 2.86. The molecule has 1 aliphatic carbocycles. The third kappa shape index (κ3) is 1.48. The first kappa shape index (κ1) is 7.35. The zero-order valence-corrected chi connectivity index (χ0v) is 8.14. The number of hydrogen-bond acceptors (Lipinski definition) is 0. The molecule has 0 nitrogen and oxygen atoms in total. The van der Waals surface area contributed by atoms with Gasteiger partial charge in [-0.15, -0.1) is 0 Å². The fraction of sp³-hybridized carbons (Fsp3) is 0.400. The number of benzene rings is 1. The molecule has 1 aromatic carbocycles. The summed E-state index contributed by atoms with van der Waals surface area (Å²) in [5.74, 6) is 0.787. The van der Waals surface area contributed by atoms with E-state index in [9.17, 15) is 0 Å². The molecule has 11 heavy (non-hydrogen) atoms. The van der Waals surface area contributed by atoms with Crippen LogP contribution in [0.1, 0.15) is 23.5 Å². The van der Waals surface area contributed by atoms with Crippen molar-refractivity contribution in [3.63, 3.8) is 0 Å². The maximum Gasteiger partial charge on any atom is 0.0221 e. The number of rotatable bonds is 1. The van der Waals surface area contributed by atoms with Gasteiger partial charge in [0.1, 0.15) is 0 Å². The third-order valence-corrected chi connectivity index (χ3v) is 3.19. The van der Waals surface area contributed by atoms with Gasteiger partial charge >= 0.3 is 0 Å². The van der Waals surface area contributed by atoms with E-state index in [1.807, 2.05) is 0 Å². The van der Waals surface area contributed by atoms with E-state index in [4.69, 9.17) is 0 Å². The molecule has 0 saturated heterocycles. The van der Waals surface area contributed by atoms with Gasteiger partial charge in [0.25, 0.3) is 0 Å². The number of halogens is 1. The van der Waals surface area contributed by atoms with Crippen LogP contribution in [0.4, 0.5) is 0 Å². The summed E-state index contributed by atoms with van der Waals surface area (Å²) in [6.07, 6.45) is 1.31. The lowest BCUT2D eigenvalue weighted by Gasteiger charge is -1.98. The number of hydrogen-bond donors (Lipinski definition) is 0. The van der Waals surface area contributed by atoms with Crippen molar-refractivity contribution >= 4 is 15.9 Å². The summed E-state index contributed by atoms with van der Waals surface area (Å²) in [7, 11) is 0. The minimum Gasteiger partial charge on any atom is -0.0884 e. The van der Waals surface area contributed by atoms with Crippen molar-refractivity contribution in [1.82, 2.24) is 0 Å². The Morgan fingerprint density at radius 1 is 1.45 bits per heavy atom. The van der Waals surface area contributed by atoms with Crippen LogP contribution < -0.4 is 0 Å². The van der Waals surface area contributed by atoms with E-state index in [-0.39, 0.29) is 0 Å². The second-order valence-corrected chi connectivity index (χ2v) is 4.45. The molecular formula is C10H11Br. The maximum absolute atomic E-state index is 3.61. The van der Waals surface area contributed by atoms with E-state index in [2.05, 4.69) is 47.1 Å². The minimum atomic E-state index is 0.740. The highest BCUT2D eigenvalue weighted by Crippen LogP contribution is 2.46. The second kappa shape index (κ2) is 2.63. The summed E-state index contributed by atoms with van der Waals surface area (Å²) in [4.78, 5) is 0.740. The Labute approximate surface area is 75.8 Å². The molecule has 0 amide bonds. The minimum absolute atomic E-state index is 0.740. The smallest absolute Gasteiger partial charge is 0.0221 e. The van der Waals surface area contributed by atoms with E-state index in [1.54, 1.807) is 0 Å². The Morgan fingerprint density at radius 3 is 2.73 bits per heavy atom. The highest BCUT2D eigenvalue weighted by molar-refractivity contribution is 9.09. The lowest BCUT2D eigenvalue weighted by atomic mass is 10.1. The topological polar surface area (TPSA) is 0 Å². The van der Waals surface area contributed by atoms with Crippen molar-refractivity contribution in [2.45, 2.75) is 24.1 Å². The predicted molar refractivity (Wildman–Crippen MR) is 51.3 cm³/mol. The van der Waals surface area contributed by atoms with Gasteiger partial charge in [0.15, 0.2) is 0 Å². The fourth-order valence-electron chi connectivity index (χ4n) is 1.41. The highest BCUT2D eigenvalue weighted by atomic mass is 79.9. The Morgan fingerprint density at radius 2 is 2.18 bits per heavy atom. The predicted octanol–water partition coefficient (Wildman–Crippen LogP) is 3.25. The van der Waals surface area contributed by atoms with Crippen LogP contribution >= 0.6 is 15.9 Å². The normalized spacial score (nSPS) is 28.5. The Kier molecular flexibility index (Phi) is 1.76. The van der Waals surface area contributed by atoms with Gasteiger partial charge in [-0.25, -0.2) is 0 Å². The molecule has 1 aromatic rings. The number of alkyl halides is 1. The molecule has 1 aliphatic rings. The maximum atomic E-state index is 3.61. The fourth-order valence-corrected chi connectivity index (χ4v) is 2.12. The van der Waals surface area contributed by atoms with Crippen molar-refractivity contribution < 1.29 is 0 Å². The molecule has 0 N–H and O–H groups in total. The molecule has 0 aromatic heterocycles. The van der Waals surface area contributed by atoms with Crippen LogP contribution in [0.25, 0.3) is 0 Å². The van der Waals surface area contributed by atoms with Crippen molar-refractivity contribution in [2.24, 2.45) is 0 Å². The van der Waals surface area contributed by atoms with Crippen LogP contribution in [0.5, 0.6) is 0 Å². The summed E-state index contributed by atoms with van der Waals surface area (Å²) in [6, 6.07) is 8.79. The molecule has 2 rings (SSSR count). The van der Waals surface area contributed by atoms with E-state index in [1.165, 1.54) is 17.5 Å². The van der Waals surface area contributed by atoms with Crippen molar-refractivity contribution in [1.29, 1.82) is 0 Å². The molecule has 0 spiro atoms. The van der Waals surface area contributed by atoms with E-state index in [0.717, 1.165) is 10.7 Å². The first-order valence-corrected chi connectivity index (χ1v) is 4.89. The zero-order valence-electron chi connectivity index (χ0n) is 6.55. The zero-order chi connectivity index (χ0) is 7.84. The van der Waals surface area contributed by atoms with Crippen LogP contribution in [0.3, 0.4) is 0 Å². The molecule has 2 atom stereocenters. The molecule has 0 aliphatic heterocycles. The summed E-state index contributed by atoms with van der Waals surface area (Å²) in [5, 5.41) is 0. The van der Waals surface area contributed by atoms with Crippen LogP contribution in [0.15, 0.2) is 24.3 Å². The van der Waals surface area contributed by atoms with Gasteiger partial charge in [-0.1, -0.05) is 45.8 Å². The van der Waals surface area contributed by atoms with Gasteiger partial charge in [-0.3, -0.25) is 0 Å². The lowest BCUT2D eigenvalue weighted by molar-refractivity contribution is 1.13. The standard InChI is InChI=1S/C10H11Br/c1-7-3-2-4-8(5-7)9-6-10(9)11/h2-5,9-10H,6H2,1H3/t9-,10-/m0/s1. The first-order valence-electron chi connectivity index (χ1n) is 3.98. The van der Waals surface area contributed by atoms with E-state index >= 15 is 0 Å². The Hall–Kier alpha value is -0.300. The Balaban J connectivity index is 2.25. The first-order chi connectivity index (χ1) is 5.27. The van der Waals surface area contributed by atoms with Crippen molar-refractivity contribution in [3.8, 4) is 0 Å². The molecular weight excluding hydrogens is 200 g/mol. The largest absolute Gasteiger partial charge is 0.0884 e.